The van der Waals surface area contributed by atoms with Crippen molar-refractivity contribution in [2.24, 2.45) is 5.84 Å². The summed E-state index contributed by atoms with van der Waals surface area (Å²) >= 11 is 5.83. The number of hydrogen-bond acceptors (Lipinski definition) is 3. The fourth-order valence-electron chi connectivity index (χ4n) is 2.90. The first-order valence-corrected chi connectivity index (χ1v) is 7.48. The standard InChI is InChI=1S/C15H25ClFN3/c1-5-15(4,20(6-2)7-3)14(19-18)12-9-8-11(16)10-13(12)17/h8-10,14,19H,5-7,18H2,1-4H3. The third-order valence-corrected chi connectivity index (χ3v) is 4.50. The number of likely N-dealkylation sites (N-methyl/N-ethyl adjacent to an activating group) is 1. The van der Waals surface area contributed by atoms with Gasteiger partial charge in [-0.3, -0.25) is 16.2 Å². The lowest BCUT2D eigenvalue weighted by Gasteiger charge is -2.45. The number of nitrogens with one attached hydrogen (secondary N) is 1. The minimum atomic E-state index is -0.327. The summed E-state index contributed by atoms with van der Waals surface area (Å²) in [7, 11) is 0. The lowest BCUT2D eigenvalue weighted by atomic mass is 9.83. The van der Waals surface area contributed by atoms with Crippen molar-refractivity contribution in [3.63, 3.8) is 0 Å². The van der Waals surface area contributed by atoms with Gasteiger partial charge in [0.25, 0.3) is 0 Å². The van der Waals surface area contributed by atoms with Crippen molar-refractivity contribution >= 4 is 11.6 Å². The summed E-state index contributed by atoms with van der Waals surface area (Å²) in [5, 5.41) is 0.392. The van der Waals surface area contributed by atoms with Crippen molar-refractivity contribution in [2.45, 2.75) is 45.7 Å². The van der Waals surface area contributed by atoms with Crippen LogP contribution in [0.1, 0.15) is 45.7 Å². The van der Waals surface area contributed by atoms with Gasteiger partial charge in [0.05, 0.1) is 6.04 Å². The minimum Gasteiger partial charge on any atom is -0.297 e. The van der Waals surface area contributed by atoms with Crippen molar-refractivity contribution in [1.82, 2.24) is 10.3 Å². The zero-order valence-corrected chi connectivity index (χ0v) is 13.5. The highest BCUT2D eigenvalue weighted by Crippen LogP contribution is 2.35. The molecule has 2 unspecified atom stereocenters. The summed E-state index contributed by atoms with van der Waals surface area (Å²) in [5.74, 6) is 5.42. The number of nitrogens with two attached hydrogens (primary N) is 1. The Balaban J connectivity index is 3.27. The second-order valence-electron chi connectivity index (χ2n) is 5.15. The summed E-state index contributed by atoms with van der Waals surface area (Å²) in [6.45, 7) is 10.2. The van der Waals surface area contributed by atoms with Crippen LogP contribution in [0.15, 0.2) is 18.2 Å². The molecule has 0 radical (unpaired) electrons. The lowest BCUT2D eigenvalue weighted by Crippen LogP contribution is -2.55. The predicted octanol–water partition coefficient (Wildman–Crippen LogP) is 3.49. The van der Waals surface area contributed by atoms with E-state index in [0.29, 0.717) is 10.6 Å². The van der Waals surface area contributed by atoms with Gasteiger partial charge in [-0.15, -0.1) is 0 Å². The average Bonchev–Trinajstić information content (AvgIpc) is 2.43. The van der Waals surface area contributed by atoms with E-state index in [1.165, 1.54) is 6.07 Å². The van der Waals surface area contributed by atoms with Crippen LogP contribution in [0.3, 0.4) is 0 Å². The van der Waals surface area contributed by atoms with E-state index in [4.69, 9.17) is 17.4 Å². The first-order valence-electron chi connectivity index (χ1n) is 7.10. The molecule has 0 aliphatic carbocycles. The van der Waals surface area contributed by atoms with Gasteiger partial charge in [0, 0.05) is 16.1 Å². The van der Waals surface area contributed by atoms with Crippen molar-refractivity contribution in [3.05, 3.63) is 34.6 Å². The highest BCUT2D eigenvalue weighted by atomic mass is 35.5. The number of nitrogens with zero attached hydrogens (tertiary/aromatic N) is 1. The molecule has 0 fully saturated rings. The summed E-state index contributed by atoms with van der Waals surface area (Å²) in [6.07, 6.45) is 0.853. The minimum absolute atomic E-state index is 0.271. The molecule has 0 spiro atoms. The normalized spacial score (nSPS) is 16.2. The fraction of sp³-hybridized carbons (Fsp3) is 0.600. The molecule has 2 atom stereocenters. The van der Waals surface area contributed by atoms with E-state index in [9.17, 15) is 4.39 Å². The summed E-state index contributed by atoms with van der Waals surface area (Å²) in [4.78, 5) is 2.30. The number of halogens is 2. The van der Waals surface area contributed by atoms with E-state index in [1.807, 2.05) is 0 Å². The lowest BCUT2D eigenvalue weighted by molar-refractivity contribution is 0.0685. The smallest absolute Gasteiger partial charge is 0.129 e. The van der Waals surface area contributed by atoms with Gasteiger partial charge >= 0.3 is 0 Å². The Kier molecular flexibility index (Phi) is 6.40. The van der Waals surface area contributed by atoms with E-state index >= 15 is 0 Å². The SMILES string of the molecule is CCN(CC)C(C)(CC)C(NN)c1ccc(Cl)cc1F. The van der Waals surface area contributed by atoms with E-state index in [1.54, 1.807) is 12.1 Å². The molecule has 0 saturated heterocycles. The Morgan fingerprint density at radius 2 is 1.95 bits per heavy atom. The molecule has 0 heterocycles. The summed E-state index contributed by atoms with van der Waals surface area (Å²) < 4.78 is 14.2. The second kappa shape index (κ2) is 7.36. The topological polar surface area (TPSA) is 41.3 Å². The zero-order chi connectivity index (χ0) is 15.3. The predicted molar refractivity (Wildman–Crippen MR) is 83.1 cm³/mol. The van der Waals surface area contributed by atoms with Crippen LogP contribution in [-0.2, 0) is 0 Å². The maximum Gasteiger partial charge on any atom is 0.129 e. The molecule has 1 aromatic carbocycles. The van der Waals surface area contributed by atoms with Crippen molar-refractivity contribution < 1.29 is 4.39 Å². The maximum atomic E-state index is 14.2. The fourth-order valence-corrected chi connectivity index (χ4v) is 3.06. The van der Waals surface area contributed by atoms with Gasteiger partial charge in [0.2, 0.25) is 0 Å². The van der Waals surface area contributed by atoms with E-state index in [-0.39, 0.29) is 17.4 Å². The van der Waals surface area contributed by atoms with E-state index in [2.05, 4.69) is 38.0 Å². The molecule has 0 bridgehead atoms. The number of hydrazine groups is 1. The Hall–Kier alpha value is -0.680. The van der Waals surface area contributed by atoms with Crippen molar-refractivity contribution in [3.8, 4) is 0 Å². The highest BCUT2D eigenvalue weighted by molar-refractivity contribution is 6.30. The van der Waals surface area contributed by atoms with Crippen LogP contribution in [0, 0.1) is 5.82 Å². The molecule has 114 valence electrons. The van der Waals surface area contributed by atoms with Gasteiger partial charge < -0.3 is 0 Å². The molecule has 1 aromatic rings. The molecule has 1 rings (SSSR count). The highest BCUT2D eigenvalue weighted by Gasteiger charge is 2.38. The zero-order valence-electron chi connectivity index (χ0n) is 12.7. The average molecular weight is 302 g/mol. The van der Waals surface area contributed by atoms with Crippen molar-refractivity contribution in [1.29, 1.82) is 0 Å². The van der Waals surface area contributed by atoms with Gasteiger partial charge in [-0.1, -0.05) is 38.4 Å². The Bertz CT molecular complexity index is 437. The quantitative estimate of drug-likeness (QED) is 0.598. The molecular weight excluding hydrogens is 277 g/mol. The molecule has 5 heteroatoms. The second-order valence-corrected chi connectivity index (χ2v) is 5.58. The Morgan fingerprint density at radius 3 is 2.35 bits per heavy atom. The molecular formula is C15H25ClFN3. The van der Waals surface area contributed by atoms with E-state index < -0.39 is 0 Å². The Labute approximate surface area is 126 Å². The molecule has 0 amide bonds. The van der Waals surface area contributed by atoms with Gasteiger partial charge in [-0.25, -0.2) is 4.39 Å². The summed E-state index contributed by atoms with van der Waals surface area (Å²) in [6, 6.07) is 4.44. The molecule has 0 saturated carbocycles. The third-order valence-electron chi connectivity index (χ3n) is 4.26. The van der Waals surface area contributed by atoms with Crippen molar-refractivity contribution in [2.75, 3.05) is 13.1 Å². The maximum absolute atomic E-state index is 14.2. The molecule has 20 heavy (non-hydrogen) atoms. The Morgan fingerprint density at radius 1 is 1.35 bits per heavy atom. The molecule has 0 aromatic heterocycles. The van der Waals surface area contributed by atoms with Gasteiger partial charge in [-0.05, 0) is 38.6 Å². The van der Waals surface area contributed by atoms with Crippen LogP contribution >= 0.6 is 11.6 Å². The van der Waals surface area contributed by atoms with Crippen LogP contribution in [0.2, 0.25) is 5.02 Å². The first-order chi connectivity index (χ1) is 9.44. The molecule has 3 N–H and O–H groups in total. The van der Waals surface area contributed by atoms with Crippen LogP contribution in [0.5, 0.6) is 0 Å². The van der Waals surface area contributed by atoms with Crippen LogP contribution in [-0.4, -0.2) is 23.5 Å². The summed E-state index contributed by atoms with van der Waals surface area (Å²) in [5.41, 5.74) is 3.07. The van der Waals surface area contributed by atoms with Crippen LogP contribution in [0.4, 0.5) is 4.39 Å². The van der Waals surface area contributed by atoms with Gasteiger partial charge in [0.1, 0.15) is 5.82 Å². The molecule has 0 aliphatic rings. The first kappa shape index (κ1) is 17.4. The molecule has 0 aliphatic heterocycles. The largest absolute Gasteiger partial charge is 0.297 e. The van der Waals surface area contributed by atoms with Gasteiger partial charge in [0.15, 0.2) is 0 Å². The number of benzene rings is 1. The van der Waals surface area contributed by atoms with Gasteiger partial charge in [-0.2, -0.15) is 0 Å². The monoisotopic (exact) mass is 301 g/mol. The molecule has 3 nitrogen and oxygen atoms in total. The van der Waals surface area contributed by atoms with E-state index in [0.717, 1.165) is 19.5 Å². The van der Waals surface area contributed by atoms with Crippen LogP contribution in [0.25, 0.3) is 0 Å². The van der Waals surface area contributed by atoms with Crippen LogP contribution < -0.4 is 11.3 Å². The third kappa shape index (κ3) is 3.31. The number of rotatable bonds is 7. The number of hydrogen-bond donors (Lipinski definition) is 2.